The second kappa shape index (κ2) is 12.0. The molecule has 0 aliphatic heterocycles. The van der Waals surface area contributed by atoms with Crippen LogP contribution < -0.4 is 0 Å². The minimum Gasteiger partial charge on any atom is -0.512 e. The van der Waals surface area contributed by atoms with Gasteiger partial charge in [0.1, 0.15) is 11.2 Å². The highest BCUT2D eigenvalue weighted by Gasteiger charge is 2.78. The van der Waals surface area contributed by atoms with Crippen molar-refractivity contribution in [2.45, 2.75) is 163 Å². The van der Waals surface area contributed by atoms with Crippen molar-refractivity contribution in [1.82, 2.24) is 0 Å². The Morgan fingerprint density at radius 2 is 1.38 bits per heavy atom. The number of unbranched alkanes of at least 4 members (excludes halogenated alkanes) is 2. The Kier molecular flexibility index (Phi) is 8.50. The van der Waals surface area contributed by atoms with Crippen LogP contribution in [0.2, 0.25) is 0 Å². The maximum absolute atomic E-state index is 15.0. The molecule has 0 spiro atoms. The molecule has 0 saturated heterocycles. The van der Waals surface area contributed by atoms with Crippen LogP contribution in [0.1, 0.15) is 157 Å². The number of carboxylic acids is 1. The molecule has 0 aromatic carbocycles. The molecular weight excluding hydrogens is 617 g/mol. The molecule has 8 rings (SSSR count). The molecule has 14 atom stereocenters. The highest BCUT2D eigenvalue weighted by atomic mass is 16.4. The van der Waals surface area contributed by atoms with Crippen molar-refractivity contribution in [2.75, 3.05) is 0 Å². The number of carbonyl (C=O) groups is 1. The summed E-state index contributed by atoms with van der Waals surface area (Å²) in [6, 6.07) is 0. The van der Waals surface area contributed by atoms with Gasteiger partial charge >= 0.3 is 5.97 Å². The summed E-state index contributed by atoms with van der Waals surface area (Å²) in [4.78, 5) is 15.0. The summed E-state index contributed by atoms with van der Waals surface area (Å²) in [6.45, 7) is 18.5. The average molecular weight is 687 g/mol. The largest absolute Gasteiger partial charge is 0.512 e. The first kappa shape index (κ1) is 35.5. The van der Waals surface area contributed by atoms with E-state index in [0.29, 0.717) is 23.5 Å². The summed E-state index contributed by atoms with van der Waals surface area (Å²) >= 11 is 0. The van der Waals surface area contributed by atoms with Crippen LogP contribution in [0.4, 0.5) is 0 Å². The molecule has 0 aromatic rings. The van der Waals surface area contributed by atoms with Gasteiger partial charge in [-0.15, -0.1) is 0 Å². The number of aliphatic carboxylic acids is 1. The number of hydrogen-bond donors (Lipinski definition) is 3. The van der Waals surface area contributed by atoms with Crippen molar-refractivity contribution in [2.24, 2.45) is 80.3 Å². The van der Waals surface area contributed by atoms with E-state index in [1.807, 2.05) is 0 Å². The number of hydrogen-bond acceptors (Lipinski definition) is 3. The third-order valence-electron chi connectivity index (χ3n) is 18.4. The van der Waals surface area contributed by atoms with Crippen molar-refractivity contribution in [1.29, 1.82) is 0 Å². The fourth-order valence-electron chi connectivity index (χ4n) is 16.6. The quantitative estimate of drug-likeness (QED) is 0.158. The molecule has 0 heterocycles. The van der Waals surface area contributed by atoms with Crippen molar-refractivity contribution >= 4 is 5.97 Å². The van der Waals surface area contributed by atoms with Crippen LogP contribution in [0.3, 0.4) is 0 Å². The van der Waals surface area contributed by atoms with Crippen molar-refractivity contribution < 1.29 is 20.1 Å². The third kappa shape index (κ3) is 4.66. The Balaban J connectivity index is 1.48. The maximum Gasteiger partial charge on any atom is 0.313 e. The van der Waals surface area contributed by atoms with Crippen LogP contribution >= 0.6 is 0 Å². The third-order valence-corrected chi connectivity index (χ3v) is 18.4. The second-order valence-corrected chi connectivity index (χ2v) is 21.1. The van der Waals surface area contributed by atoms with Gasteiger partial charge in [-0.05, 0) is 174 Å². The Hall–Kier alpha value is -1.55. The summed E-state index contributed by atoms with van der Waals surface area (Å²) in [6.07, 6.45) is 20.7. The Bertz CT molecular complexity index is 1440. The van der Waals surface area contributed by atoms with Gasteiger partial charge in [0.05, 0.1) is 6.10 Å². The first-order valence-electron chi connectivity index (χ1n) is 21.3. The van der Waals surface area contributed by atoms with E-state index in [1.165, 1.54) is 50.5 Å². The molecule has 0 aromatic heterocycles. The molecule has 50 heavy (non-hydrogen) atoms. The van der Waals surface area contributed by atoms with Crippen molar-refractivity contribution in [3.05, 3.63) is 35.1 Å². The molecule has 4 heteroatoms. The summed E-state index contributed by atoms with van der Waals surface area (Å²) in [7, 11) is 0. The van der Waals surface area contributed by atoms with Crippen molar-refractivity contribution in [3.63, 3.8) is 0 Å². The molecule has 278 valence electrons. The normalized spacial score (nSPS) is 52.3. The van der Waals surface area contributed by atoms with Crippen LogP contribution in [-0.2, 0) is 4.79 Å². The van der Waals surface area contributed by atoms with E-state index in [0.717, 1.165) is 81.8 Å². The number of fused-ring (bicyclic) bond motifs is 6. The predicted molar refractivity (Wildman–Crippen MR) is 201 cm³/mol. The Morgan fingerprint density at radius 1 is 0.860 bits per heavy atom. The molecule has 0 radical (unpaired) electrons. The molecule has 3 N–H and O–H groups in total. The van der Waals surface area contributed by atoms with E-state index < -0.39 is 22.9 Å². The van der Waals surface area contributed by atoms with Crippen LogP contribution in [0.15, 0.2) is 35.1 Å². The zero-order valence-corrected chi connectivity index (χ0v) is 32.5. The van der Waals surface area contributed by atoms with E-state index in [-0.39, 0.29) is 51.8 Å². The predicted octanol–water partition coefficient (Wildman–Crippen LogP) is 11.5. The van der Waals surface area contributed by atoms with E-state index in [4.69, 9.17) is 0 Å². The zero-order valence-electron chi connectivity index (χ0n) is 32.5. The fraction of sp³-hybridized carbons (Fsp3) is 0.848. The molecule has 6 bridgehead atoms. The van der Waals surface area contributed by atoms with E-state index in [1.54, 1.807) is 0 Å². The van der Waals surface area contributed by atoms with Gasteiger partial charge < -0.3 is 15.3 Å². The molecule has 6 saturated carbocycles. The maximum atomic E-state index is 15.0. The molecule has 6 fully saturated rings. The van der Waals surface area contributed by atoms with E-state index in [2.05, 4.69) is 54.2 Å². The number of allylic oxidation sites excluding steroid dienone is 4. The standard InChI is InChI=1S/C46H70O4/c1-8-9-10-11-34-45(35-21-29-14-17-42(35,5)24-29,36-22-30-15-18-43(36,6)25-30)39(47)38(33-20-28(4)12-13-32(33)27(2)3)40(48)46(34,41(49)50)37-23-31-16-19-44(37,7)26-31/h20,29-37,40,47-48H,2,8-19,21-26H2,1,3-7H3,(H,49,50)/t29?,30?,31?,32-,33+,34?,35?,36?,37?,40+,42?,43?,44?,45?,46-/m0/s1. The van der Waals surface area contributed by atoms with Gasteiger partial charge in [-0.1, -0.05) is 70.8 Å². The average Bonchev–Trinajstić information content (AvgIpc) is 3.90. The highest BCUT2D eigenvalue weighted by molar-refractivity contribution is 5.79. The van der Waals surface area contributed by atoms with Gasteiger partial charge in [-0.25, -0.2) is 0 Å². The Morgan fingerprint density at radius 3 is 1.80 bits per heavy atom. The van der Waals surface area contributed by atoms with Crippen LogP contribution in [0, 0.1) is 80.3 Å². The van der Waals surface area contributed by atoms with Gasteiger partial charge in [0.25, 0.3) is 0 Å². The number of carboxylic acid groups (broad SMARTS) is 1. The molecule has 8 aliphatic rings. The number of rotatable bonds is 10. The lowest BCUT2D eigenvalue weighted by Crippen LogP contribution is -2.69. The lowest BCUT2D eigenvalue weighted by atomic mass is 9.36. The zero-order chi connectivity index (χ0) is 35.6. The molecular formula is C46H70O4. The minimum atomic E-state index is -1.32. The van der Waals surface area contributed by atoms with Gasteiger partial charge in [-0.2, -0.15) is 0 Å². The fourth-order valence-corrected chi connectivity index (χ4v) is 16.6. The van der Waals surface area contributed by atoms with Gasteiger partial charge in [0.2, 0.25) is 0 Å². The highest BCUT2D eigenvalue weighted by Crippen LogP contribution is 2.80. The molecule has 10 unspecified atom stereocenters. The number of aliphatic hydroxyl groups excluding tert-OH is 2. The summed E-state index contributed by atoms with van der Waals surface area (Å²) in [5, 5.41) is 39.8. The monoisotopic (exact) mass is 687 g/mol. The molecule has 0 amide bonds. The van der Waals surface area contributed by atoms with Crippen molar-refractivity contribution in [3.8, 4) is 0 Å². The van der Waals surface area contributed by atoms with Gasteiger partial charge in [0.15, 0.2) is 0 Å². The summed E-state index contributed by atoms with van der Waals surface area (Å²) in [5.74, 6) is 1.57. The smallest absolute Gasteiger partial charge is 0.313 e. The topological polar surface area (TPSA) is 77.8 Å². The minimum absolute atomic E-state index is 0.0855. The first-order chi connectivity index (χ1) is 23.7. The van der Waals surface area contributed by atoms with Crippen LogP contribution in [0.5, 0.6) is 0 Å². The number of aliphatic hydroxyl groups is 2. The van der Waals surface area contributed by atoms with E-state index >= 15 is 4.79 Å². The Labute approximate surface area is 304 Å². The van der Waals surface area contributed by atoms with Gasteiger partial charge in [-0.3, -0.25) is 4.79 Å². The summed E-state index contributed by atoms with van der Waals surface area (Å²) in [5.41, 5.74) is 1.20. The SMILES string of the molecule is C=C(C)[C@@H]1CCC(C)=C[C@H]1C1=C(O)C(C2CC3CCC2(C)C3)(C2CC3CCC2(C)C3)C(CCCCC)[C@](C(=O)O)(C2CC3CCC2(C)C3)[C@@H]1O. The second-order valence-electron chi connectivity index (χ2n) is 21.1. The van der Waals surface area contributed by atoms with Crippen LogP contribution in [-0.4, -0.2) is 27.4 Å². The van der Waals surface area contributed by atoms with Crippen LogP contribution in [0.25, 0.3) is 0 Å². The van der Waals surface area contributed by atoms with Gasteiger partial charge in [0, 0.05) is 16.9 Å². The molecule has 4 nitrogen and oxygen atoms in total. The summed E-state index contributed by atoms with van der Waals surface area (Å²) < 4.78 is 0. The van der Waals surface area contributed by atoms with E-state index in [9.17, 15) is 15.3 Å². The lowest BCUT2D eigenvalue weighted by Gasteiger charge is -2.67. The lowest BCUT2D eigenvalue weighted by molar-refractivity contribution is -0.218. The molecule has 8 aliphatic carbocycles. The first-order valence-corrected chi connectivity index (χ1v) is 21.3.